The van der Waals surface area contributed by atoms with Gasteiger partial charge in [-0.1, -0.05) is 36.4 Å². The lowest BCUT2D eigenvalue weighted by atomic mass is 10.1. The summed E-state index contributed by atoms with van der Waals surface area (Å²) in [5.41, 5.74) is 1.95. The highest BCUT2D eigenvalue weighted by molar-refractivity contribution is 6.11. The molecule has 3 aromatic carbocycles. The van der Waals surface area contributed by atoms with Gasteiger partial charge in [0.15, 0.2) is 0 Å². The summed E-state index contributed by atoms with van der Waals surface area (Å²) in [6.45, 7) is 0. The van der Waals surface area contributed by atoms with E-state index in [2.05, 4.69) is 15.6 Å². The SMILES string of the molecule is COc1ccc(C(=O)O)cc1NC(=O)C(=Cc1cc2ccccc2[nH]1)NC(=O)c1ccccc1. The van der Waals surface area contributed by atoms with Crippen molar-refractivity contribution in [2.24, 2.45) is 0 Å². The molecular weight excluding hydrogens is 434 g/mol. The number of ether oxygens (including phenoxy) is 1. The summed E-state index contributed by atoms with van der Waals surface area (Å²) in [6.07, 6.45) is 1.52. The number of benzene rings is 3. The predicted octanol–water partition coefficient (Wildman–Crippen LogP) is 4.28. The molecule has 8 nitrogen and oxygen atoms in total. The number of hydrogen-bond acceptors (Lipinski definition) is 4. The van der Waals surface area contributed by atoms with Gasteiger partial charge in [-0.25, -0.2) is 4.79 Å². The summed E-state index contributed by atoms with van der Waals surface area (Å²) in [5.74, 6) is -1.99. The minimum atomic E-state index is -1.15. The number of H-pyrrole nitrogens is 1. The molecule has 0 aliphatic heterocycles. The molecule has 1 heterocycles. The number of carbonyl (C=O) groups excluding carboxylic acids is 2. The van der Waals surface area contributed by atoms with Gasteiger partial charge in [0.1, 0.15) is 11.4 Å². The number of aromatic nitrogens is 1. The van der Waals surface area contributed by atoms with E-state index in [0.717, 1.165) is 10.9 Å². The number of amides is 2. The molecule has 0 aliphatic carbocycles. The molecular formula is C26H21N3O5. The fraction of sp³-hybridized carbons (Fsp3) is 0.0385. The number of aromatic carboxylic acids is 1. The number of para-hydroxylation sites is 1. The summed E-state index contributed by atoms with van der Waals surface area (Å²) < 4.78 is 5.25. The van der Waals surface area contributed by atoms with Crippen molar-refractivity contribution in [3.63, 3.8) is 0 Å². The molecule has 4 N–H and O–H groups in total. The van der Waals surface area contributed by atoms with Gasteiger partial charge in [-0.05, 0) is 53.9 Å². The average molecular weight is 455 g/mol. The Bertz CT molecular complexity index is 1370. The number of nitrogens with one attached hydrogen (secondary N) is 3. The third-order valence-electron chi connectivity index (χ3n) is 5.07. The zero-order chi connectivity index (χ0) is 24.1. The minimum Gasteiger partial charge on any atom is -0.495 e. The molecule has 0 atom stereocenters. The van der Waals surface area contributed by atoms with E-state index in [4.69, 9.17) is 4.74 Å². The van der Waals surface area contributed by atoms with Crippen LogP contribution in [0.4, 0.5) is 5.69 Å². The molecule has 1 aromatic heterocycles. The van der Waals surface area contributed by atoms with Crippen LogP contribution in [-0.2, 0) is 4.79 Å². The smallest absolute Gasteiger partial charge is 0.335 e. The van der Waals surface area contributed by atoms with Crippen LogP contribution in [0.3, 0.4) is 0 Å². The van der Waals surface area contributed by atoms with Crippen molar-refractivity contribution < 1.29 is 24.2 Å². The van der Waals surface area contributed by atoms with E-state index in [9.17, 15) is 19.5 Å². The number of aromatic amines is 1. The lowest BCUT2D eigenvalue weighted by molar-refractivity contribution is -0.113. The van der Waals surface area contributed by atoms with Crippen molar-refractivity contribution in [1.82, 2.24) is 10.3 Å². The van der Waals surface area contributed by atoms with Crippen LogP contribution >= 0.6 is 0 Å². The number of carboxylic acid groups (broad SMARTS) is 1. The van der Waals surface area contributed by atoms with Crippen molar-refractivity contribution in [3.8, 4) is 5.75 Å². The molecule has 0 spiro atoms. The second kappa shape index (κ2) is 9.74. The van der Waals surface area contributed by atoms with Crippen LogP contribution in [0.5, 0.6) is 5.75 Å². The summed E-state index contributed by atoms with van der Waals surface area (Å²) in [5, 5.41) is 15.5. The quantitative estimate of drug-likeness (QED) is 0.310. The number of fused-ring (bicyclic) bond motifs is 1. The van der Waals surface area contributed by atoms with E-state index in [1.807, 2.05) is 30.3 Å². The lowest BCUT2D eigenvalue weighted by Gasteiger charge is -2.14. The van der Waals surface area contributed by atoms with Gasteiger partial charge >= 0.3 is 5.97 Å². The first-order chi connectivity index (χ1) is 16.4. The Morgan fingerprint density at radius 1 is 0.912 bits per heavy atom. The van der Waals surface area contributed by atoms with Gasteiger partial charge in [0, 0.05) is 16.8 Å². The maximum Gasteiger partial charge on any atom is 0.335 e. The van der Waals surface area contributed by atoms with Crippen molar-refractivity contribution in [1.29, 1.82) is 0 Å². The van der Waals surface area contributed by atoms with Crippen LogP contribution in [0, 0.1) is 0 Å². The zero-order valence-corrected chi connectivity index (χ0v) is 18.2. The average Bonchev–Trinajstić information content (AvgIpc) is 3.26. The van der Waals surface area contributed by atoms with E-state index in [0.29, 0.717) is 11.3 Å². The number of rotatable bonds is 7. The normalized spacial score (nSPS) is 11.1. The fourth-order valence-corrected chi connectivity index (χ4v) is 3.40. The molecule has 0 saturated heterocycles. The largest absolute Gasteiger partial charge is 0.495 e. The molecule has 34 heavy (non-hydrogen) atoms. The Hall–Kier alpha value is -4.85. The summed E-state index contributed by atoms with van der Waals surface area (Å²) in [4.78, 5) is 40.6. The number of carboxylic acids is 1. The Balaban J connectivity index is 1.70. The molecule has 0 saturated carbocycles. The molecule has 2 amide bonds. The first-order valence-electron chi connectivity index (χ1n) is 10.3. The van der Waals surface area contributed by atoms with Crippen LogP contribution in [0.1, 0.15) is 26.4 Å². The van der Waals surface area contributed by atoms with Gasteiger partial charge in [-0.2, -0.15) is 0 Å². The molecule has 8 heteroatoms. The van der Waals surface area contributed by atoms with Gasteiger partial charge in [0.25, 0.3) is 11.8 Å². The van der Waals surface area contributed by atoms with Crippen molar-refractivity contribution >= 4 is 40.4 Å². The summed E-state index contributed by atoms with van der Waals surface area (Å²) in [7, 11) is 1.41. The van der Waals surface area contributed by atoms with Crippen LogP contribution in [-0.4, -0.2) is 35.0 Å². The Morgan fingerprint density at radius 3 is 2.35 bits per heavy atom. The van der Waals surface area contributed by atoms with E-state index in [1.54, 1.807) is 30.3 Å². The lowest BCUT2D eigenvalue weighted by Crippen LogP contribution is -2.30. The van der Waals surface area contributed by atoms with Crippen molar-refractivity contribution in [3.05, 3.63) is 101 Å². The highest BCUT2D eigenvalue weighted by Crippen LogP contribution is 2.26. The molecule has 4 rings (SSSR count). The van der Waals surface area contributed by atoms with Gasteiger partial charge in [-0.15, -0.1) is 0 Å². The standard InChI is InChI=1S/C26H21N3O5/c1-34-23-12-11-18(26(32)33)14-21(23)28-25(31)22(29-24(30)16-7-3-2-4-8-16)15-19-13-17-9-5-6-10-20(17)27-19/h2-15,27H,1H3,(H,28,31)(H,29,30)(H,32,33). The highest BCUT2D eigenvalue weighted by atomic mass is 16.5. The molecule has 170 valence electrons. The molecule has 0 radical (unpaired) electrons. The summed E-state index contributed by atoms with van der Waals surface area (Å²) in [6, 6.07) is 22.1. The maximum atomic E-state index is 13.2. The second-order valence-corrected chi connectivity index (χ2v) is 7.36. The molecule has 0 fully saturated rings. The van der Waals surface area contributed by atoms with E-state index in [1.165, 1.54) is 31.4 Å². The molecule has 0 unspecified atom stereocenters. The van der Waals surface area contributed by atoms with Crippen LogP contribution < -0.4 is 15.4 Å². The maximum absolute atomic E-state index is 13.2. The third-order valence-corrected chi connectivity index (χ3v) is 5.07. The number of hydrogen-bond donors (Lipinski definition) is 4. The zero-order valence-electron chi connectivity index (χ0n) is 18.2. The van der Waals surface area contributed by atoms with Crippen LogP contribution in [0.15, 0.2) is 84.6 Å². The van der Waals surface area contributed by atoms with E-state index in [-0.39, 0.29) is 22.7 Å². The van der Waals surface area contributed by atoms with Gasteiger partial charge < -0.3 is 25.5 Å². The minimum absolute atomic E-state index is 0.0226. The van der Waals surface area contributed by atoms with Gasteiger partial charge in [-0.3, -0.25) is 9.59 Å². The van der Waals surface area contributed by atoms with E-state index >= 15 is 0 Å². The van der Waals surface area contributed by atoms with Gasteiger partial charge in [0.05, 0.1) is 18.4 Å². The molecule has 0 bridgehead atoms. The van der Waals surface area contributed by atoms with Crippen molar-refractivity contribution in [2.45, 2.75) is 0 Å². The number of anilines is 1. The number of methoxy groups -OCH3 is 1. The van der Waals surface area contributed by atoms with Crippen molar-refractivity contribution in [2.75, 3.05) is 12.4 Å². The van der Waals surface area contributed by atoms with Crippen LogP contribution in [0.2, 0.25) is 0 Å². The second-order valence-electron chi connectivity index (χ2n) is 7.36. The summed E-state index contributed by atoms with van der Waals surface area (Å²) >= 11 is 0. The third kappa shape index (κ3) is 4.97. The fourth-order valence-electron chi connectivity index (χ4n) is 3.40. The van der Waals surface area contributed by atoms with Gasteiger partial charge in [0.2, 0.25) is 0 Å². The Labute approximate surface area is 194 Å². The van der Waals surface area contributed by atoms with E-state index < -0.39 is 17.8 Å². The predicted molar refractivity (Wildman–Crippen MR) is 129 cm³/mol. The Kier molecular flexibility index (Phi) is 6.40. The topological polar surface area (TPSA) is 121 Å². The first kappa shape index (κ1) is 22.3. The monoisotopic (exact) mass is 455 g/mol. The van der Waals surface area contributed by atoms with Crippen LogP contribution in [0.25, 0.3) is 17.0 Å². The molecule has 0 aliphatic rings. The molecule has 4 aromatic rings. The Morgan fingerprint density at radius 2 is 1.65 bits per heavy atom. The highest BCUT2D eigenvalue weighted by Gasteiger charge is 2.18. The first-order valence-corrected chi connectivity index (χ1v) is 10.3. The number of carbonyl (C=O) groups is 3.